The molecule has 182 valence electrons. The van der Waals surface area contributed by atoms with Crippen LogP contribution in [0.2, 0.25) is 0 Å². The minimum Gasteiger partial charge on any atom is -0.497 e. The van der Waals surface area contributed by atoms with Crippen LogP contribution in [0.4, 0.5) is 0 Å². The van der Waals surface area contributed by atoms with E-state index in [1.54, 1.807) is 32.4 Å². The first-order valence-corrected chi connectivity index (χ1v) is 11.0. The van der Waals surface area contributed by atoms with Gasteiger partial charge in [-0.3, -0.25) is 4.79 Å². The first-order chi connectivity index (χ1) is 16.0. The predicted octanol–water partition coefficient (Wildman–Crippen LogP) is 4.13. The van der Waals surface area contributed by atoms with Crippen molar-refractivity contribution in [2.75, 3.05) is 34.3 Å². The SMILES string of the molecule is COc1ccc(CCNC(=NCc2ccc(C(=O)N(C)C)cc2)NCCc2ccco2)cc1.I. The smallest absolute Gasteiger partial charge is 0.253 e. The lowest BCUT2D eigenvalue weighted by atomic mass is 10.1. The molecule has 0 bridgehead atoms. The molecule has 0 unspecified atom stereocenters. The molecular weight excluding hydrogens is 543 g/mol. The molecule has 0 aliphatic carbocycles. The van der Waals surface area contributed by atoms with Gasteiger partial charge in [0.1, 0.15) is 11.5 Å². The maximum Gasteiger partial charge on any atom is 0.253 e. The van der Waals surface area contributed by atoms with Crippen LogP contribution in [0, 0.1) is 0 Å². The van der Waals surface area contributed by atoms with Crippen LogP contribution < -0.4 is 15.4 Å². The molecule has 0 saturated heterocycles. The second kappa shape index (κ2) is 14.3. The summed E-state index contributed by atoms with van der Waals surface area (Å²) in [5, 5.41) is 6.78. The first kappa shape index (κ1) is 27.2. The number of carbonyl (C=O) groups excluding carboxylic acids is 1. The summed E-state index contributed by atoms with van der Waals surface area (Å²) in [5.41, 5.74) is 2.93. The average Bonchev–Trinajstić information content (AvgIpc) is 3.36. The molecule has 0 saturated carbocycles. The lowest BCUT2D eigenvalue weighted by molar-refractivity contribution is 0.0827. The average molecular weight is 576 g/mol. The highest BCUT2D eigenvalue weighted by Gasteiger charge is 2.07. The van der Waals surface area contributed by atoms with Crippen LogP contribution in [-0.2, 0) is 19.4 Å². The number of carbonyl (C=O) groups is 1. The van der Waals surface area contributed by atoms with Crippen LogP contribution in [0.1, 0.15) is 27.2 Å². The number of furan rings is 1. The van der Waals surface area contributed by atoms with Gasteiger partial charge >= 0.3 is 0 Å². The number of aliphatic imine (C=N–C) groups is 1. The topological polar surface area (TPSA) is 79.1 Å². The van der Waals surface area contributed by atoms with E-state index in [9.17, 15) is 4.79 Å². The zero-order valence-electron chi connectivity index (χ0n) is 19.9. The molecule has 1 heterocycles. The zero-order valence-corrected chi connectivity index (χ0v) is 22.2. The molecule has 0 atom stereocenters. The molecule has 0 spiro atoms. The van der Waals surface area contributed by atoms with Crippen LogP contribution in [0.25, 0.3) is 0 Å². The second-order valence-corrected chi connectivity index (χ2v) is 7.84. The van der Waals surface area contributed by atoms with E-state index in [1.807, 2.05) is 48.5 Å². The number of methoxy groups -OCH3 is 1. The van der Waals surface area contributed by atoms with Crippen molar-refractivity contribution in [1.29, 1.82) is 0 Å². The first-order valence-electron chi connectivity index (χ1n) is 11.0. The summed E-state index contributed by atoms with van der Waals surface area (Å²) in [6, 6.07) is 19.5. The van der Waals surface area contributed by atoms with Gasteiger partial charge in [-0.15, -0.1) is 24.0 Å². The van der Waals surface area contributed by atoms with Crippen molar-refractivity contribution >= 4 is 35.8 Å². The Morgan fingerprint density at radius 2 is 1.59 bits per heavy atom. The van der Waals surface area contributed by atoms with E-state index >= 15 is 0 Å². The fourth-order valence-corrected chi connectivity index (χ4v) is 3.23. The van der Waals surface area contributed by atoms with E-state index in [0.717, 1.165) is 42.4 Å². The van der Waals surface area contributed by atoms with Gasteiger partial charge in [0.15, 0.2) is 5.96 Å². The summed E-state index contributed by atoms with van der Waals surface area (Å²) in [7, 11) is 5.17. The minimum atomic E-state index is -0.00877. The summed E-state index contributed by atoms with van der Waals surface area (Å²) < 4.78 is 10.6. The summed E-state index contributed by atoms with van der Waals surface area (Å²) in [5.74, 6) is 2.52. The van der Waals surface area contributed by atoms with Crippen molar-refractivity contribution < 1.29 is 13.9 Å². The van der Waals surface area contributed by atoms with E-state index < -0.39 is 0 Å². The Labute approximate surface area is 218 Å². The van der Waals surface area contributed by atoms with Gasteiger partial charge in [0, 0.05) is 39.2 Å². The van der Waals surface area contributed by atoms with Crippen molar-refractivity contribution in [3.8, 4) is 5.75 Å². The van der Waals surface area contributed by atoms with Gasteiger partial charge in [0.25, 0.3) is 5.91 Å². The molecule has 2 N–H and O–H groups in total. The Bertz CT molecular complexity index is 1020. The molecule has 0 fully saturated rings. The molecule has 3 aromatic rings. The zero-order chi connectivity index (χ0) is 23.5. The van der Waals surface area contributed by atoms with E-state index in [0.29, 0.717) is 18.7 Å². The van der Waals surface area contributed by atoms with Gasteiger partial charge in [0.2, 0.25) is 0 Å². The molecule has 2 aromatic carbocycles. The van der Waals surface area contributed by atoms with Gasteiger partial charge in [-0.2, -0.15) is 0 Å². The molecule has 7 nitrogen and oxygen atoms in total. The number of benzene rings is 2. The highest BCUT2D eigenvalue weighted by molar-refractivity contribution is 14.0. The van der Waals surface area contributed by atoms with Crippen molar-refractivity contribution in [2.45, 2.75) is 19.4 Å². The molecule has 0 radical (unpaired) electrons. The lowest BCUT2D eigenvalue weighted by Crippen LogP contribution is -2.39. The van der Waals surface area contributed by atoms with Crippen LogP contribution in [0.15, 0.2) is 76.3 Å². The van der Waals surface area contributed by atoms with Gasteiger partial charge in [-0.25, -0.2) is 4.99 Å². The number of ether oxygens (including phenoxy) is 1. The summed E-state index contributed by atoms with van der Waals surface area (Å²) in [6.45, 7) is 1.96. The van der Waals surface area contributed by atoms with Crippen LogP contribution in [-0.4, -0.2) is 51.1 Å². The molecule has 0 aliphatic rings. The molecule has 1 amide bonds. The number of guanidine groups is 1. The van der Waals surface area contributed by atoms with Crippen molar-refractivity contribution in [3.63, 3.8) is 0 Å². The summed E-state index contributed by atoms with van der Waals surface area (Å²) in [4.78, 5) is 18.4. The van der Waals surface area contributed by atoms with Gasteiger partial charge < -0.3 is 24.7 Å². The van der Waals surface area contributed by atoms with Crippen LogP contribution in [0.5, 0.6) is 5.75 Å². The standard InChI is InChI=1S/C26H32N4O3.HI/c1-30(2)25(31)22-10-6-21(7-11-22)19-29-26(28-17-15-24-5-4-18-33-24)27-16-14-20-8-12-23(32-3)13-9-20;/h4-13,18H,14-17,19H2,1-3H3,(H2,27,28,29);1H. The van der Waals surface area contributed by atoms with Crippen LogP contribution >= 0.6 is 24.0 Å². The number of hydrogen-bond donors (Lipinski definition) is 2. The normalized spacial score (nSPS) is 10.9. The number of amides is 1. The number of hydrogen-bond acceptors (Lipinski definition) is 4. The number of nitrogens with one attached hydrogen (secondary N) is 2. The van der Waals surface area contributed by atoms with E-state index in [-0.39, 0.29) is 29.9 Å². The highest BCUT2D eigenvalue weighted by atomic mass is 127. The molecular formula is C26H33IN4O3. The highest BCUT2D eigenvalue weighted by Crippen LogP contribution is 2.11. The number of halogens is 1. The van der Waals surface area contributed by atoms with Crippen LogP contribution in [0.3, 0.4) is 0 Å². The van der Waals surface area contributed by atoms with E-state index in [4.69, 9.17) is 14.1 Å². The number of nitrogens with zero attached hydrogens (tertiary/aromatic N) is 2. The quantitative estimate of drug-likeness (QED) is 0.216. The molecule has 0 aliphatic heterocycles. The third-order valence-corrected chi connectivity index (χ3v) is 5.14. The Kier molecular flexibility index (Phi) is 11.5. The van der Waals surface area contributed by atoms with Gasteiger partial charge in [0.05, 0.1) is 19.9 Å². The predicted molar refractivity (Wildman–Crippen MR) is 146 cm³/mol. The molecule has 8 heteroatoms. The van der Waals surface area contributed by atoms with Gasteiger partial charge in [-0.05, 0) is 53.9 Å². The lowest BCUT2D eigenvalue weighted by Gasteiger charge is -2.13. The van der Waals surface area contributed by atoms with Crippen molar-refractivity contribution in [2.24, 2.45) is 4.99 Å². The molecule has 1 aromatic heterocycles. The maximum atomic E-state index is 12.1. The minimum absolute atomic E-state index is 0. The third-order valence-electron chi connectivity index (χ3n) is 5.14. The monoisotopic (exact) mass is 576 g/mol. The fraction of sp³-hybridized carbons (Fsp3) is 0.308. The Morgan fingerprint density at radius 3 is 2.18 bits per heavy atom. The fourth-order valence-electron chi connectivity index (χ4n) is 3.23. The largest absolute Gasteiger partial charge is 0.497 e. The third kappa shape index (κ3) is 8.74. The molecule has 3 rings (SSSR count). The Balaban J connectivity index is 0.00000408. The maximum absolute atomic E-state index is 12.1. The van der Waals surface area contributed by atoms with Crippen molar-refractivity contribution in [3.05, 3.63) is 89.4 Å². The van der Waals surface area contributed by atoms with Crippen molar-refractivity contribution in [1.82, 2.24) is 15.5 Å². The second-order valence-electron chi connectivity index (χ2n) is 7.84. The van der Waals surface area contributed by atoms with E-state index in [2.05, 4.69) is 22.8 Å². The van der Waals surface area contributed by atoms with E-state index in [1.165, 1.54) is 5.56 Å². The summed E-state index contributed by atoms with van der Waals surface area (Å²) in [6.07, 6.45) is 3.32. The summed E-state index contributed by atoms with van der Waals surface area (Å²) >= 11 is 0. The number of rotatable bonds is 10. The van der Waals surface area contributed by atoms with Gasteiger partial charge in [-0.1, -0.05) is 24.3 Å². The Morgan fingerprint density at radius 1 is 0.941 bits per heavy atom. The molecule has 34 heavy (non-hydrogen) atoms. The Hall–Kier alpha value is -3.01.